The summed E-state index contributed by atoms with van der Waals surface area (Å²) in [5.74, 6) is -0.490. The van der Waals surface area contributed by atoms with Crippen LogP contribution in [-0.2, 0) is 14.3 Å². The van der Waals surface area contributed by atoms with E-state index < -0.39 is 17.5 Å². The van der Waals surface area contributed by atoms with Crippen LogP contribution in [0.5, 0.6) is 0 Å². The van der Waals surface area contributed by atoms with Gasteiger partial charge in [-0.05, 0) is 18.8 Å². The lowest BCUT2D eigenvalue weighted by Crippen LogP contribution is -2.53. The van der Waals surface area contributed by atoms with Gasteiger partial charge in [-0.3, -0.25) is 4.79 Å². The highest BCUT2D eigenvalue weighted by atomic mass is 16.5. The van der Waals surface area contributed by atoms with Gasteiger partial charge < -0.3 is 14.7 Å². The van der Waals surface area contributed by atoms with Crippen molar-refractivity contribution >= 4 is 11.9 Å². The first-order valence-electron chi connectivity index (χ1n) is 7.06. The number of amides is 1. The Hall–Kier alpha value is -1.10. The van der Waals surface area contributed by atoms with Crippen LogP contribution in [0.2, 0.25) is 0 Å². The summed E-state index contributed by atoms with van der Waals surface area (Å²) in [6, 6.07) is 0. The molecular weight excluding hydrogens is 246 g/mol. The standard InChI is InChI=1S/C14H23NO4/c1-14(2,10-5-3-4-6-10)13(18)15-7-8-19-11(9-15)12(16)17/h10-11H,3-9H2,1-2H3,(H,16,17). The number of ether oxygens (including phenoxy) is 1. The third kappa shape index (κ3) is 2.91. The van der Waals surface area contributed by atoms with Gasteiger partial charge >= 0.3 is 5.97 Å². The van der Waals surface area contributed by atoms with Gasteiger partial charge in [0.1, 0.15) is 0 Å². The van der Waals surface area contributed by atoms with Crippen molar-refractivity contribution in [3.63, 3.8) is 0 Å². The Bertz CT molecular complexity index is 360. The summed E-state index contributed by atoms with van der Waals surface area (Å²) in [5.41, 5.74) is -0.392. The highest BCUT2D eigenvalue weighted by molar-refractivity contribution is 5.83. The lowest BCUT2D eigenvalue weighted by molar-refractivity contribution is -0.163. The molecule has 0 aromatic rings. The van der Waals surface area contributed by atoms with E-state index in [0.29, 0.717) is 19.1 Å². The highest BCUT2D eigenvalue weighted by Crippen LogP contribution is 2.40. The molecule has 1 heterocycles. The summed E-state index contributed by atoms with van der Waals surface area (Å²) >= 11 is 0. The first kappa shape index (κ1) is 14.3. The predicted molar refractivity (Wildman–Crippen MR) is 69.7 cm³/mol. The summed E-state index contributed by atoms with van der Waals surface area (Å²) in [5, 5.41) is 8.99. The largest absolute Gasteiger partial charge is 0.479 e. The second-order valence-corrected chi connectivity index (χ2v) is 6.15. The summed E-state index contributed by atoms with van der Waals surface area (Å²) in [4.78, 5) is 25.3. The van der Waals surface area contributed by atoms with Gasteiger partial charge in [-0.15, -0.1) is 0 Å². The second kappa shape index (κ2) is 5.49. The van der Waals surface area contributed by atoms with Gasteiger partial charge in [0.25, 0.3) is 0 Å². The number of hydrogen-bond donors (Lipinski definition) is 1. The molecule has 5 nitrogen and oxygen atoms in total. The molecule has 0 aromatic heterocycles. The number of carboxylic acid groups (broad SMARTS) is 1. The van der Waals surface area contributed by atoms with E-state index in [0.717, 1.165) is 12.8 Å². The number of rotatable bonds is 3. The van der Waals surface area contributed by atoms with E-state index in [2.05, 4.69) is 0 Å². The quantitative estimate of drug-likeness (QED) is 0.843. The fourth-order valence-corrected chi connectivity index (χ4v) is 3.21. The van der Waals surface area contributed by atoms with E-state index in [1.807, 2.05) is 13.8 Å². The summed E-state index contributed by atoms with van der Waals surface area (Å²) in [7, 11) is 0. The monoisotopic (exact) mass is 269 g/mol. The van der Waals surface area contributed by atoms with Gasteiger partial charge in [0.05, 0.1) is 13.2 Å². The fourth-order valence-electron chi connectivity index (χ4n) is 3.21. The maximum Gasteiger partial charge on any atom is 0.334 e. The Morgan fingerprint density at radius 3 is 2.47 bits per heavy atom. The average molecular weight is 269 g/mol. The molecule has 2 fully saturated rings. The van der Waals surface area contributed by atoms with Gasteiger partial charge in [0.15, 0.2) is 6.10 Å². The Morgan fingerprint density at radius 2 is 1.89 bits per heavy atom. The van der Waals surface area contributed by atoms with Gasteiger partial charge in [0, 0.05) is 12.0 Å². The molecule has 1 aliphatic carbocycles. The molecule has 1 unspecified atom stereocenters. The third-order valence-corrected chi connectivity index (χ3v) is 4.56. The van der Waals surface area contributed by atoms with E-state index in [-0.39, 0.29) is 12.5 Å². The van der Waals surface area contributed by atoms with Crippen LogP contribution in [0.1, 0.15) is 39.5 Å². The molecule has 0 aromatic carbocycles. The van der Waals surface area contributed by atoms with Crippen LogP contribution in [-0.4, -0.2) is 47.7 Å². The predicted octanol–water partition coefficient (Wildman–Crippen LogP) is 1.51. The molecule has 5 heteroatoms. The zero-order valence-electron chi connectivity index (χ0n) is 11.7. The van der Waals surface area contributed by atoms with Crippen molar-refractivity contribution in [2.45, 2.75) is 45.6 Å². The molecule has 1 aliphatic heterocycles. The highest BCUT2D eigenvalue weighted by Gasteiger charge is 2.42. The van der Waals surface area contributed by atoms with Crippen LogP contribution in [0.25, 0.3) is 0 Å². The smallest absolute Gasteiger partial charge is 0.334 e. The van der Waals surface area contributed by atoms with Crippen LogP contribution < -0.4 is 0 Å². The SMILES string of the molecule is CC(C)(C(=O)N1CCOC(C(=O)O)C1)C1CCCC1. The number of carbonyl (C=O) groups excluding carboxylic acids is 1. The lowest BCUT2D eigenvalue weighted by atomic mass is 9.76. The van der Waals surface area contributed by atoms with Crippen molar-refractivity contribution in [2.75, 3.05) is 19.7 Å². The van der Waals surface area contributed by atoms with Gasteiger partial charge in [-0.25, -0.2) is 4.79 Å². The maximum atomic E-state index is 12.7. The minimum absolute atomic E-state index is 0.0777. The van der Waals surface area contributed by atoms with Crippen LogP contribution in [0.4, 0.5) is 0 Å². The van der Waals surface area contributed by atoms with Crippen molar-refractivity contribution in [3.05, 3.63) is 0 Å². The first-order chi connectivity index (χ1) is 8.93. The van der Waals surface area contributed by atoms with Crippen LogP contribution >= 0.6 is 0 Å². The summed E-state index contributed by atoms with van der Waals surface area (Å²) in [6.45, 7) is 4.97. The van der Waals surface area contributed by atoms with Gasteiger partial charge in [-0.1, -0.05) is 26.7 Å². The van der Waals surface area contributed by atoms with E-state index >= 15 is 0 Å². The van der Waals surface area contributed by atoms with Crippen LogP contribution in [0, 0.1) is 11.3 Å². The zero-order chi connectivity index (χ0) is 14.0. The topological polar surface area (TPSA) is 66.8 Å². The normalized spacial score (nSPS) is 25.6. The molecule has 0 spiro atoms. The van der Waals surface area contributed by atoms with Crippen molar-refractivity contribution in [2.24, 2.45) is 11.3 Å². The molecule has 108 valence electrons. The van der Waals surface area contributed by atoms with E-state index in [9.17, 15) is 9.59 Å². The minimum atomic E-state index is -0.990. The number of hydrogen-bond acceptors (Lipinski definition) is 3. The average Bonchev–Trinajstić information content (AvgIpc) is 2.92. The fraction of sp³-hybridized carbons (Fsp3) is 0.857. The lowest BCUT2D eigenvalue weighted by Gasteiger charge is -2.39. The van der Waals surface area contributed by atoms with Crippen molar-refractivity contribution < 1.29 is 19.4 Å². The molecule has 1 saturated carbocycles. The first-order valence-corrected chi connectivity index (χ1v) is 7.06. The molecule has 0 radical (unpaired) electrons. The van der Waals surface area contributed by atoms with Gasteiger partial charge in [0.2, 0.25) is 5.91 Å². The van der Waals surface area contributed by atoms with Crippen LogP contribution in [0.15, 0.2) is 0 Å². The Balaban J connectivity index is 2.03. The molecule has 1 atom stereocenters. The minimum Gasteiger partial charge on any atom is -0.479 e. The van der Waals surface area contributed by atoms with Crippen molar-refractivity contribution in [3.8, 4) is 0 Å². The molecule has 1 N–H and O–H groups in total. The Morgan fingerprint density at radius 1 is 1.26 bits per heavy atom. The Kier molecular flexibility index (Phi) is 4.13. The number of morpholine rings is 1. The third-order valence-electron chi connectivity index (χ3n) is 4.56. The summed E-state index contributed by atoms with van der Waals surface area (Å²) < 4.78 is 5.16. The van der Waals surface area contributed by atoms with Gasteiger partial charge in [-0.2, -0.15) is 0 Å². The van der Waals surface area contributed by atoms with E-state index in [1.54, 1.807) is 4.90 Å². The number of nitrogens with zero attached hydrogens (tertiary/aromatic N) is 1. The molecule has 2 aliphatic rings. The zero-order valence-corrected chi connectivity index (χ0v) is 11.7. The van der Waals surface area contributed by atoms with Crippen molar-refractivity contribution in [1.82, 2.24) is 4.90 Å². The Labute approximate surface area is 113 Å². The molecular formula is C14H23NO4. The van der Waals surface area contributed by atoms with E-state index in [1.165, 1.54) is 12.8 Å². The molecule has 2 rings (SSSR count). The molecule has 1 saturated heterocycles. The summed E-state index contributed by atoms with van der Waals surface area (Å²) in [6.07, 6.45) is 3.72. The van der Waals surface area contributed by atoms with E-state index in [4.69, 9.17) is 9.84 Å². The molecule has 0 bridgehead atoms. The number of carbonyl (C=O) groups is 2. The number of carboxylic acids is 1. The molecule has 1 amide bonds. The second-order valence-electron chi connectivity index (χ2n) is 6.15. The maximum absolute atomic E-state index is 12.7. The van der Waals surface area contributed by atoms with Crippen molar-refractivity contribution in [1.29, 1.82) is 0 Å². The number of aliphatic carboxylic acids is 1. The van der Waals surface area contributed by atoms with Crippen LogP contribution in [0.3, 0.4) is 0 Å². The molecule has 19 heavy (non-hydrogen) atoms.